The molecule has 2 atom stereocenters. The Bertz CT molecular complexity index is 519. The Morgan fingerprint density at radius 1 is 1.23 bits per heavy atom. The van der Waals surface area contributed by atoms with Gasteiger partial charge in [-0.05, 0) is 33.3 Å². The van der Waals surface area contributed by atoms with Crippen LogP contribution in [0, 0.1) is 10.8 Å². The topological polar surface area (TPSA) is 70.4 Å². The lowest BCUT2D eigenvalue weighted by molar-refractivity contribution is -0.168. The van der Waals surface area contributed by atoms with Gasteiger partial charge in [-0.1, -0.05) is 37.3 Å². The van der Waals surface area contributed by atoms with E-state index in [4.69, 9.17) is 10.1 Å². The molecule has 0 radical (unpaired) electrons. The Hall–Kier alpha value is -1.68. The molecule has 1 aromatic carbocycles. The lowest BCUT2D eigenvalue weighted by Gasteiger charge is -2.31. The maximum absolute atomic E-state index is 12.3. The molecule has 22 heavy (non-hydrogen) atoms. The van der Waals surface area contributed by atoms with E-state index < -0.39 is 17.0 Å². The molecule has 122 valence electrons. The Morgan fingerprint density at radius 3 is 2.23 bits per heavy atom. The van der Waals surface area contributed by atoms with Crippen molar-refractivity contribution in [1.29, 1.82) is 5.41 Å². The Labute approximate surface area is 133 Å². The number of nitrogens with one attached hydrogen (secondary N) is 1. The highest BCUT2D eigenvalue weighted by molar-refractivity contribution is 5.92. The average molecular weight is 305 g/mol. The second kappa shape index (κ2) is 7.05. The molecule has 0 aliphatic heterocycles. The highest BCUT2D eigenvalue weighted by Crippen LogP contribution is 2.29. The fourth-order valence-electron chi connectivity index (χ4n) is 2.11. The minimum atomic E-state index is -1.09. The van der Waals surface area contributed by atoms with E-state index in [1.807, 2.05) is 37.3 Å². The van der Waals surface area contributed by atoms with Gasteiger partial charge in [-0.15, -0.1) is 0 Å². The fraction of sp³-hybridized carbons (Fsp3) is 0.556. The van der Waals surface area contributed by atoms with E-state index in [-0.39, 0.29) is 18.9 Å². The predicted octanol–water partition coefficient (Wildman–Crippen LogP) is 3.54. The van der Waals surface area contributed by atoms with Crippen LogP contribution in [0.15, 0.2) is 30.3 Å². The summed E-state index contributed by atoms with van der Waals surface area (Å²) in [5.41, 5.74) is -0.265. The van der Waals surface area contributed by atoms with Gasteiger partial charge in [0, 0.05) is 18.1 Å². The van der Waals surface area contributed by atoms with Crippen LogP contribution in [0.2, 0.25) is 0 Å². The van der Waals surface area contributed by atoms with Crippen molar-refractivity contribution in [2.45, 2.75) is 52.6 Å². The van der Waals surface area contributed by atoms with Gasteiger partial charge in [0.25, 0.3) is 0 Å². The first-order valence-electron chi connectivity index (χ1n) is 7.55. The van der Waals surface area contributed by atoms with Crippen molar-refractivity contribution in [3.05, 3.63) is 35.9 Å². The SMILES string of the molecule is C[C@@H](C(=N)C[C@@](C)(CO)C(=O)OC(C)(C)C)c1ccccc1. The third kappa shape index (κ3) is 4.95. The molecular formula is C18H27NO3. The first-order valence-corrected chi connectivity index (χ1v) is 7.55. The number of hydrogen-bond donors (Lipinski definition) is 2. The quantitative estimate of drug-likeness (QED) is 0.624. The molecule has 0 fully saturated rings. The van der Waals surface area contributed by atoms with Gasteiger partial charge in [0.1, 0.15) is 5.60 Å². The lowest BCUT2D eigenvalue weighted by Crippen LogP contribution is -2.40. The van der Waals surface area contributed by atoms with E-state index in [0.29, 0.717) is 5.71 Å². The van der Waals surface area contributed by atoms with Crippen LogP contribution in [0.1, 0.15) is 52.5 Å². The Morgan fingerprint density at radius 2 is 1.77 bits per heavy atom. The van der Waals surface area contributed by atoms with Gasteiger partial charge in [-0.25, -0.2) is 0 Å². The minimum Gasteiger partial charge on any atom is -0.459 e. The van der Waals surface area contributed by atoms with Crippen LogP contribution < -0.4 is 0 Å². The average Bonchev–Trinajstić information content (AvgIpc) is 2.45. The van der Waals surface area contributed by atoms with Gasteiger partial charge in [0.2, 0.25) is 0 Å². The maximum Gasteiger partial charge on any atom is 0.315 e. The van der Waals surface area contributed by atoms with Gasteiger partial charge in [0.05, 0.1) is 12.0 Å². The Kier molecular flexibility index (Phi) is 5.89. The fourth-order valence-corrected chi connectivity index (χ4v) is 2.11. The van der Waals surface area contributed by atoms with Crippen molar-refractivity contribution >= 4 is 11.7 Å². The number of benzene rings is 1. The zero-order valence-corrected chi connectivity index (χ0v) is 14.1. The molecule has 0 unspecified atom stereocenters. The first kappa shape index (κ1) is 18.4. The molecule has 2 N–H and O–H groups in total. The van der Waals surface area contributed by atoms with E-state index in [1.54, 1.807) is 27.7 Å². The predicted molar refractivity (Wildman–Crippen MR) is 88.2 cm³/mol. The highest BCUT2D eigenvalue weighted by atomic mass is 16.6. The summed E-state index contributed by atoms with van der Waals surface area (Å²) >= 11 is 0. The first-order chi connectivity index (χ1) is 10.1. The van der Waals surface area contributed by atoms with Crippen LogP contribution >= 0.6 is 0 Å². The number of carbonyl (C=O) groups excluding carboxylic acids is 1. The van der Waals surface area contributed by atoms with Crippen molar-refractivity contribution in [3.63, 3.8) is 0 Å². The largest absolute Gasteiger partial charge is 0.459 e. The molecule has 0 amide bonds. The summed E-state index contributed by atoms with van der Waals surface area (Å²) in [4.78, 5) is 12.3. The molecule has 4 heteroatoms. The van der Waals surface area contributed by atoms with E-state index in [0.717, 1.165) is 5.56 Å². The van der Waals surface area contributed by atoms with Gasteiger partial charge < -0.3 is 15.3 Å². The lowest BCUT2D eigenvalue weighted by atomic mass is 9.81. The molecule has 0 saturated heterocycles. The van der Waals surface area contributed by atoms with Crippen LogP contribution in [0.4, 0.5) is 0 Å². The smallest absolute Gasteiger partial charge is 0.315 e. The number of carbonyl (C=O) groups is 1. The minimum absolute atomic E-state index is 0.102. The number of aliphatic hydroxyl groups is 1. The standard InChI is InChI=1S/C18H27NO3/c1-13(14-9-7-6-8-10-14)15(19)11-18(5,12-20)16(21)22-17(2,3)4/h6-10,13,19-20H,11-12H2,1-5H3/t13-,18+/m1/s1. The van der Waals surface area contributed by atoms with Crippen molar-refractivity contribution in [2.24, 2.45) is 5.41 Å². The molecule has 0 aliphatic rings. The van der Waals surface area contributed by atoms with Crippen molar-refractivity contribution in [1.82, 2.24) is 0 Å². The van der Waals surface area contributed by atoms with Crippen LogP contribution in [0.5, 0.6) is 0 Å². The summed E-state index contributed by atoms with van der Waals surface area (Å²) < 4.78 is 5.38. The van der Waals surface area contributed by atoms with Crippen LogP contribution in [0.25, 0.3) is 0 Å². The second-order valence-electron chi connectivity index (χ2n) is 7.06. The van der Waals surface area contributed by atoms with Crippen molar-refractivity contribution in [2.75, 3.05) is 6.61 Å². The normalized spacial score (nSPS) is 15.7. The molecule has 0 aromatic heterocycles. The molecule has 0 saturated carbocycles. The summed E-state index contributed by atoms with van der Waals surface area (Å²) in [5.74, 6) is -0.568. The van der Waals surface area contributed by atoms with Crippen molar-refractivity contribution < 1.29 is 14.6 Å². The number of esters is 1. The molecule has 0 aliphatic carbocycles. The van der Waals surface area contributed by atoms with Gasteiger partial charge in [-0.2, -0.15) is 0 Å². The van der Waals surface area contributed by atoms with Crippen LogP contribution in [0.3, 0.4) is 0 Å². The van der Waals surface area contributed by atoms with Gasteiger partial charge in [0.15, 0.2) is 0 Å². The summed E-state index contributed by atoms with van der Waals surface area (Å²) in [6.45, 7) is 8.62. The maximum atomic E-state index is 12.3. The third-order valence-electron chi connectivity index (χ3n) is 3.64. The molecule has 1 aromatic rings. The zero-order chi connectivity index (χ0) is 17.0. The monoisotopic (exact) mass is 305 g/mol. The highest BCUT2D eigenvalue weighted by Gasteiger charge is 2.38. The number of hydrogen-bond acceptors (Lipinski definition) is 4. The second-order valence-corrected chi connectivity index (χ2v) is 7.06. The Balaban J connectivity index is 2.84. The summed E-state index contributed by atoms with van der Waals surface area (Å²) in [5, 5.41) is 18.0. The van der Waals surface area contributed by atoms with E-state index >= 15 is 0 Å². The van der Waals surface area contributed by atoms with Crippen LogP contribution in [-0.4, -0.2) is 29.0 Å². The molecular weight excluding hydrogens is 278 g/mol. The molecule has 1 rings (SSSR count). The number of rotatable bonds is 6. The van der Waals surface area contributed by atoms with E-state index in [2.05, 4.69) is 0 Å². The molecule has 0 heterocycles. The number of ether oxygens (including phenoxy) is 1. The number of aliphatic hydroxyl groups excluding tert-OH is 1. The van der Waals surface area contributed by atoms with Gasteiger partial charge >= 0.3 is 5.97 Å². The van der Waals surface area contributed by atoms with Crippen LogP contribution in [-0.2, 0) is 9.53 Å². The van der Waals surface area contributed by atoms with Gasteiger partial charge in [-0.3, -0.25) is 4.79 Å². The van der Waals surface area contributed by atoms with Crippen molar-refractivity contribution in [3.8, 4) is 0 Å². The molecule has 0 spiro atoms. The summed E-state index contributed by atoms with van der Waals surface area (Å²) in [6, 6.07) is 9.71. The third-order valence-corrected chi connectivity index (χ3v) is 3.64. The summed E-state index contributed by atoms with van der Waals surface area (Å²) in [6.07, 6.45) is 0.175. The zero-order valence-electron chi connectivity index (χ0n) is 14.1. The summed E-state index contributed by atoms with van der Waals surface area (Å²) in [7, 11) is 0. The van der Waals surface area contributed by atoms with E-state index in [1.165, 1.54) is 0 Å². The molecule has 4 nitrogen and oxygen atoms in total. The molecule has 0 bridgehead atoms. The van der Waals surface area contributed by atoms with E-state index in [9.17, 15) is 9.90 Å².